The van der Waals surface area contributed by atoms with Crippen LogP contribution >= 0.6 is 0 Å². The highest BCUT2D eigenvalue weighted by atomic mass is 16.5. The molecule has 3 rings (SSSR count). The standard InChI is InChI=1S/C19H22N2O5/c1-25-17(22)11-15(19(24)26-2)20-14-7-8-16-13(10-14)4-3-9-21(16)18(23)12-5-6-12/h7-8,10-12,20H,3-6,9H2,1-2H3/b15-11+. The second-order valence-corrected chi connectivity index (χ2v) is 6.41. The summed E-state index contributed by atoms with van der Waals surface area (Å²) in [4.78, 5) is 37.7. The van der Waals surface area contributed by atoms with Crippen LogP contribution in [-0.4, -0.2) is 38.6 Å². The first-order chi connectivity index (χ1) is 12.5. The molecule has 0 unspecified atom stereocenters. The molecule has 26 heavy (non-hydrogen) atoms. The van der Waals surface area contributed by atoms with Gasteiger partial charge in [0, 0.05) is 23.8 Å². The number of anilines is 2. The van der Waals surface area contributed by atoms with Crippen molar-refractivity contribution in [3.63, 3.8) is 0 Å². The lowest BCUT2D eigenvalue weighted by Gasteiger charge is -2.30. The maximum absolute atomic E-state index is 12.5. The molecule has 0 radical (unpaired) electrons. The first-order valence-corrected chi connectivity index (χ1v) is 8.62. The lowest BCUT2D eigenvalue weighted by molar-refractivity contribution is -0.138. The van der Waals surface area contributed by atoms with Gasteiger partial charge in [0.05, 0.1) is 20.3 Å². The third kappa shape index (κ3) is 3.87. The van der Waals surface area contributed by atoms with Crippen molar-refractivity contribution in [1.82, 2.24) is 0 Å². The molecule has 1 aromatic rings. The van der Waals surface area contributed by atoms with Gasteiger partial charge < -0.3 is 19.7 Å². The molecule has 1 heterocycles. The Kier molecular flexibility index (Phi) is 5.25. The van der Waals surface area contributed by atoms with E-state index in [1.807, 2.05) is 17.0 Å². The van der Waals surface area contributed by atoms with Crippen LogP contribution in [0.5, 0.6) is 0 Å². The number of aryl methyl sites for hydroxylation is 1. The Morgan fingerprint density at radius 1 is 1.19 bits per heavy atom. The van der Waals surface area contributed by atoms with Gasteiger partial charge >= 0.3 is 11.9 Å². The van der Waals surface area contributed by atoms with Gasteiger partial charge in [0.15, 0.2) is 0 Å². The Balaban J connectivity index is 1.83. The topological polar surface area (TPSA) is 84.9 Å². The summed E-state index contributed by atoms with van der Waals surface area (Å²) in [5.74, 6) is -0.948. The van der Waals surface area contributed by atoms with E-state index >= 15 is 0 Å². The summed E-state index contributed by atoms with van der Waals surface area (Å²) in [7, 11) is 2.47. The number of fused-ring (bicyclic) bond motifs is 1. The van der Waals surface area contributed by atoms with E-state index in [1.54, 1.807) is 6.07 Å². The van der Waals surface area contributed by atoms with Gasteiger partial charge in [-0.25, -0.2) is 9.59 Å². The summed E-state index contributed by atoms with van der Waals surface area (Å²) in [5, 5.41) is 2.91. The van der Waals surface area contributed by atoms with E-state index in [-0.39, 0.29) is 17.5 Å². The third-order valence-electron chi connectivity index (χ3n) is 4.54. The number of ether oxygens (including phenoxy) is 2. The van der Waals surface area contributed by atoms with Gasteiger partial charge in [0.25, 0.3) is 0 Å². The summed E-state index contributed by atoms with van der Waals surface area (Å²) in [5.41, 5.74) is 2.60. The number of amides is 1. The molecule has 0 atom stereocenters. The van der Waals surface area contributed by atoms with Crippen LogP contribution in [0.1, 0.15) is 24.8 Å². The Bertz CT molecular complexity index is 767. The highest BCUT2D eigenvalue weighted by molar-refractivity contribution is 5.99. The fourth-order valence-corrected chi connectivity index (χ4v) is 3.04. The fourth-order valence-electron chi connectivity index (χ4n) is 3.04. The van der Waals surface area contributed by atoms with E-state index in [4.69, 9.17) is 4.74 Å². The Labute approximate surface area is 151 Å². The largest absolute Gasteiger partial charge is 0.466 e. The number of rotatable bonds is 5. The van der Waals surface area contributed by atoms with Crippen molar-refractivity contribution in [3.05, 3.63) is 35.5 Å². The zero-order valence-electron chi connectivity index (χ0n) is 14.9. The Morgan fingerprint density at radius 2 is 1.96 bits per heavy atom. The third-order valence-corrected chi connectivity index (χ3v) is 4.54. The van der Waals surface area contributed by atoms with Crippen LogP contribution in [0.2, 0.25) is 0 Å². The number of carbonyl (C=O) groups is 3. The summed E-state index contributed by atoms with van der Waals surface area (Å²) in [6.07, 6.45) is 4.76. The fraction of sp³-hybridized carbons (Fsp3) is 0.421. The van der Waals surface area contributed by atoms with Gasteiger partial charge in [0.1, 0.15) is 5.70 Å². The van der Waals surface area contributed by atoms with Crippen molar-refractivity contribution < 1.29 is 23.9 Å². The second kappa shape index (κ2) is 7.59. The van der Waals surface area contributed by atoms with Crippen LogP contribution in [-0.2, 0) is 30.3 Å². The number of esters is 2. The van der Waals surface area contributed by atoms with E-state index in [9.17, 15) is 14.4 Å². The molecule has 0 bridgehead atoms. The molecule has 7 heteroatoms. The van der Waals surface area contributed by atoms with Crippen LogP contribution in [0.3, 0.4) is 0 Å². The molecule has 1 N–H and O–H groups in total. The van der Waals surface area contributed by atoms with E-state index in [2.05, 4.69) is 10.1 Å². The van der Waals surface area contributed by atoms with E-state index in [1.165, 1.54) is 14.2 Å². The number of hydrogen-bond acceptors (Lipinski definition) is 6. The molecule has 1 aliphatic heterocycles. The normalized spacial score (nSPS) is 16.5. The molecule has 0 aromatic heterocycles. The number of nitrogens with zero attached hydrogens (tertiary/aromatic N) is 1. The average Bonchev–Trinajstić information content (AvgIpc) is 3.50. The number of benzene rings is 1. The molecular weight excluding hydrogens is 336 g/mol. The zero-order valence-corrected chi connectivity index (χ0v) is 14.9. The average molecular weight is 358 g/mol. The summed E-state index contributed by atoms with van der Waals surface area (Å²) in [6, 6.07) is 5.56. The lowest BCUT2D eigenvalue weighted by atomic mass is 10.0. The van der Waals surface area contributed by atoms with E-state index in [0.29, 0.717) is 5.69 Å². The molecule has 1 saturated carbocycles. The van der Waals surface area contributed by atoms with Gasteiger partial charge in [-0.05, 0) is 49.4 Å². The van der Waals surface area contributed by atoms with Gasteiger partial charge in [0.2, 0.25) is 5.91 Å². The summed E-state index contributed by atoms with van der Waals surface area (Å²) < 4.78 is 9.26. The van der Waals surface area contributed by atoms with Crippen LogP contribution < -0.4 is 10.2 Å². The Hall–Kier alpha value is -2.83. The molecular formula is C19H22N2O5. The molecule has 1 aliphatic carbocycles. The molecule has 0 saturated heterocycles. The van der Waals surface area contributed by atoms with Crippen LogP contribution in [0, 0.1) is 5.92 Å². The molecule has 1 aromatic carbocycles. The number of hydrogen-bond donors (Lipinski definition) is 1. The molecule has 7 nitrogen and oxygen atoms in total. The smallest absolute Gasteiger partial charge is 0.354 e. The molecule has 138 valence electrons. The first-order valence-electron chi connectivity index (χ1n) is 8.62. The van der Waals surface area contributed by atoms with Crippen molar-refractivity contribution in [2.75, 3.05) is 31.0 Å². The van der Waals surface area contributed by atoms with Crippen LogP contribution in [0.4, 0.5) is 11.4 Å². The number of carbonyl (C=O) groups excluding carboxylic acids is 3. The van der Waals surface area contributed by atoms with E-state index in [0.717, 1.165) is 49.6 Å². The minimum Gasteiger partial charge on any atom is -0.466 e. The van der Waals surface area contributed by atoms with Gasteiger partial charge in [-0.2, -0.15) is 0 Å². The first kappa shape index (κ1) is 18.0. The maximum atomic E-state index is 12.5. The predicted molar refractivity (Wildman–Crippen MR) is 95.6 cm³/mol. The minimum atomic E-state index is -0.668. The lowest BCUT2D eigenvalue weighted by Crippen LogP contribution is -2.36. The number of methoxy groups -OCH3 is 2. The monoisotopic (exact) mass is 358 g/mol. The molecule has 1 fully saturated rings. The zero-order chi connectivity index (χ0) is 18.7. The maximum Gasteiger partial charge on any atom is 0.354 e. The van der Waals surface area contributed by atoms with Crippen molar-refractivity contribution in [2.45, 2.75) is 25.7 Å². The second-order valence-electron chi connectivity index (χ2n) is 6.41. The number of nitrogens with one attached hydrogen (secondary N) is 1. The molecule has 0 spiro atoms. The van der Waals surface area contributed by atoms with Gasteiger partial charge in [-0.1, -0.05) is 0 Å². The van der Waals surface area contributed by atoms with Gasteiger partial charge in [-0.15, -0.1) is 0 Å². The summed E-state index contributed by atoms with van der Waals surface area (Å²) in [6.45, 7) is 0.741. The van der Waals surface area contributed by atoms with Crippen molar-refractivity contribution in [3.8, 4) is 0 Å². The highest BCUT2D eigenvalue weighted by Crippen LogP contribution is 2.36. The highest BCUT2D eigenvalue weighted by Gasteiger charge is 2.35. The Morgan fingerprint density at radius 3 is 2.62 bits per heavy atom. The molecule has 2 aliphatic rings. The quantitative estimate of drug-likeness (QED) is 0.640. The van der Waals surface area contributed by atoms with Crippen LogP contribution in [0.25, 0.3) is 0 Å². The SMILES string of the molecule is COC(=O)/C=C(/Nc1ccc2c(c1)CCCN2C(=O)C1CC1)C(=O)OC. The minimum absolute atomic E-state index is 0.0129. The molecule has 1 amide bonds. The van der Waals surface area contributed by atoms with Crippen LogP contribution in [0.15, 0.2) is 30.0 Å². The van der Waals surface area contributed by atoms with Crippen molar-refractivity contribution in [1.29, 1.82) is 0 Å². The van der Waals surface area contributed by atoms with Crippen molar-refractivity contribution in [2.24, 2.45) is 5.92 Å². The summed E-state index contributed by atoms with van der Waals surface area (Å²) >= 11 is 0. The van der Waals surface area contributed by atoms with Gasteiger partial charge in [-0.3, -0.25) is 4.79 Å². The van der Waals surface area contributed by atoms with E-state index < -0.39 is 11.9 Å². The van der Waals surface area contributed by atoms with Crippen molar-refractivity contribution >= 4 is 29.2 Å². The predicted octanol–water partition coefficient (Wildman–Crippen LogP) is 2.02.